The second-order valence-corrected chi connectivity index (χ2v) is 8.56. The number of hydrogen-bond donors (Lipinski definition) is 2. The van der Waals surface area contributed by atoms with Crippen molar-refractivity contribution >= 4 is 23.4 Å². The largest absolute Gasteiger partial charge is 0.354 e. The van der Waals surface area contributed by atoms with Gasteiger partial charge in [0.05, 0.1) is 6.42 Å². The average Bonchev–Trinajstić information content (AvgIpc) is 2.61. The van der Waals surface area contributed by atoms with Crippen molar-refractivity contribution in [2.75, 3.05) is 13.1 Å². The number of hydrogen-bond acceptors (Lipinski definition) is 2. The lowest BCUT2D eigenvalue weighted by Crippen LogP contribution is -2.35. The molecule has 2 rings (SSSR count). The summed E-state index contributed by atoms with van der Waals surface area (Å²) in [5, 5.41) is 6.25. The summed E-state index contributed by atoms with van der Waals surface area (Å²) in [5.41, 5.74) is 5.24. The molecule has 4 nitrogen and oxygen atoms in total. The van der Waals surface area contributed by atoms with Gasteiger partial charge in [0.1, 0.15) is 0 Å². The standard InChI is InChI=1S/C23H29ClN2O2/c1-15-12-18(23(3,4)5)13-16(2)20(15)14-21(27)25-10-11-26-22(28)17-6-8-19(24)9-7-17/h6-9,12-13H,10-11,14H2,1-5H3,(H,25,27)(H,26,28). The van der Waals surface area contributed by atoms with Crippen molar-refractivity contribution in [3.63, 3.8) is 0 Å². The van der Waals surface area contributed by atoms with Gasteiger partial charge in [0, 0.05) is 23.7 Å². The molecule has 0 spiro atoms. The Balaban J connectivity index is 1.84. The fraction of sp³-hybridized carbons (Fsp3) is 0.391. The highest BCUT2D eigenvalue weighted by Crippen LogP contribution is 2.27. The van der Waals surface area contributed by atoms with E-state index in [4.69, 9.17) is 11.6 Å². The Labute approximate surface area is 172 Å². The van der Waals surface area contributed by atoms with Crippen LogP contribution in [0, 0.1) is 13.8 Å². The van der Waals surface area contributed by atoms with E-state index in [-0.39, 0.29) is 17.2 Å². The molecule has 28 heavy (non-hydrogen) atoms. The number of benzene rings is 2. The van der Waals surface area contributed by atoms with E-state index in [1.807, 2.05) is 0 Å². The third kappa shape index (κ3) is 6.10. The first-order valence-corrected chi connectivity index (χ1v) is 9.87. The zero-order chi connectivity index (χ0) is 20.9. The van der Waals surface area contributed by atoms with Crippen molar-refractivity contribution in [2.24, 2.45) is 0 Å². The van der Waals surface area contributed by atoms with E-state index in [0.717, 1.165) is 16.7 Å². The molecule has 2 aromatic rings. The van der Waals surface area contributed by atoms with E-state index < -0.39 is 0 Å². The maximum Gasteiger partial charge on any atom is 0.251 e. The van der Waals surface area contributed by atoms with E-state index in [2.05, 4.69) is 57.4 Å². The summed E-state index contributed by atoms with van der Waals surface area (Å²) in [4.78, 5) is 24.3. The lowest BCUT2D eigenvalue weighted by molar-refractivity contribution is -0.120. The van der Waals surface area contributed by atoms with Gasteiger partial charge in [0.25, 0.3) is 5.91 Å². The molecule has 0 aliphatic carbocycles. The highest BCUT2D eigenvalue weighted by Gasteiger charge is 2.17. The van der Waals surface area contributed by atoms with Gasteiger partial charge in [-0.3, -0.25) is 9.59 Å². The molecule has 0 heterocycles. The fourth-order valence-electron chi connectivity index (χ4n) is 3.01. The summed E-state index contributed by atoms with van der Waals surface area (Å²) in [6.45, 7) is 11.4. The molecule has 2 aromatic carbocycles. The van der Waals surface area contributed by atoms with E-state index in [9.17, 15) is 9.59 Å². The molecule has 150 valence electrons. The van der Waals surface area contributed by atoms with Crippen LogP contribution in [0.25, 0.3) is 0 Å². The summed E-state index contributed by atoms with van der Waals surface area (Å²) in [7, 11) is 0. The molecule has 0 fully saturated rings. The van der Waals surface area contributed by atoms with E-state index >= 15 is 0 Å². The number of aryl methyl sites for hydroxylation is 2. The molecule has 5 heteroatoms. The van der Waals surface area contributed by atoms with Gasteiger partial charge in [-0.2, -0.15) is 0 Å². The monoisotopic (exact) mass is 400 g/mol. The zero-order valence-electron chi connectivity index (χ0n) is 17.3. The highest BCUT2D eigenvalue weighted by molar-refractivity contribution is 6.30. The normalized spacial score (nSPS) is 11.2. The summed E-state index contributed by atoms with van der Waals surface area (Å²) in [6.07, 6.45) is 0.340. The number of carbonyl (C=O) groups is 2. The Bertz CT molecular complexity index is 829. The Kier molecular flexibility index (Phi) is 7.25. The van der Waals surface area contributed by atoms with E-state index in [0.29, 0.717) is 30.1 Å². The first-order chi connectivity index (χ1) is 13.1. The van der Waals surface area contributed by atoms with Gasteiger partial charge in [-0.1, -0.05) is 44.5 Å². The number of rotatable bonds is 6. The first-order valence-electron chi connectivity index (χ1n) is 9.49. The number of amides is 2. The molecular weight excluding hydrogens is 372 g/mol. The molecule has 0 aliphatic heterocycles. The van der Waals surface area contributed by atoms with Gasteiger partial charge in [-0.25, -0.2) is 0 Å². The molecule has 0 bridgehead atoms. The first kappa shape index (κ1) is 22.0. The minimum Gasteiger partial charge on any atom is -0.354 e. The third-order valence-electron chi connectivity index (χ3n) is 4.74. The van der Waals surface area contributed by atoms with E-state index in [1.165, 1.54) is 5.56 Å². The number of halogens is 1. The van der Waals surface area contributed by atoms with Gasteiger partial charge in [0.15, 0.2) is 0 Å². The van der Waals surface area contributed by atoms with Crippen LogP contribution in [-0.2, 0) is 16.6 Å². The SMILES string of the molecule is Cc1cc(C(C)(C)C)cc(C)c1CC(=O)NCCNC(=O)c1ccc(Cl)cc1. The predicted molar refractivity (Wildman–Crippen MR) is 115 cm³/mol. The van der Waals surface area contributed by atoms with Crippen LogP contribution < -0.4 is 10.6 Å². The highest BCUT2D eigenvalue weighted by atomic mass is 35.5. The van der Waals surface area contributed by atoms with Crippen molar-refractivity contribution < 1.29 is 9.59 Å². The van der Waals surface area contributed by atoms with Gasteiger partial charge < -0.3 is 10.6 Å². The zero-order valence-corrected chi connectivity index (χ0v) is 18.0. The van der Waals surface area contributed by atoms with Crippen molar-refractivity contribution in [3.05, 3.63) is 69.2 Å². The second-order valence-electron chi connectivity index (χ2n) is 8.13. The molecule has 0 aliphatic rings. The van der Waals surface area contributed by atoms with Crippen LogP contribution in [0.4, 0.5) is 0 Å². The van der Waals surface area contributed by atoms with Gasteiger partial charge in [0.2, 0.25) is 5.91 Å². The number of nitrogens with one attached hydrogen (secondary N) is 2. The topological polar surface area (TPSA) is 58.2 Å². The maximum atomic E-state index is 12.3. The van der Waals surface area contributed by atoms with Crippen LogP contribution in [-0.4, -0.2) is 24.9 Å². The van der Waals surface area contributed by atoms with Crippen LogP contribution in [0.2, 0.25) is 5.02 Å². The molecule has 2 N–H and O–H groups in total. The molecular formula is C23H29ClN2O2. The quantitative estimate of drug-likeness (QED) is 0.708. The van der Waals surface area contributed by atoms with Crippen molar-refractivity contribution in [1.29, 1.82) is 0 Å². The second kappa shape index (κ2) is 9.24. The van der Waals surface area contributed by atoms with E-state index in [1.54, 1.807) is 24.3 Å². The molecule has 2 amide bonds. The molecule has 0 saturated heterocycles. The summed E-state index contributed by atoms with van der Waals surface area (Å²) < 4.78 is 0. The smallest absolute Gasteiger partial charge is 0.251 e. The third-order valence-corrected chi connectivity index (χ3v) is 4.99. The Morgan fingerprint density at radius 2 is 1.46 bits per heavy atom. The molecule has 0 radical (unpaired) electrons. The minimum atomic E-state index is -0.185. The lowest BCUT2D eigenvalue weighted by atomic mass is 9.83. The Hall–Kier alpha value is -2.33. The maximum absolute atomic E-state index is 12.3. The molecule has 0 saturated carbocycles. The van der Waals surface area contributed by atoms with Crippen LogP contribution >= 0.6 is 11.6 Å². The van der Waals surface area contributed by atoms with Crippen LogP contribution in [0.3, 0.4) is 0 Å². The average molecular weight is 401 g/mol. The van der Waals surface area contributed by atoms with Crippen molar-refractivity contribution in [2.45, 2.75) is 46.5 Å². The Morgan fingerprint density at radius 1 is 0.929 bits per heavy atom. The van der Waals surface area contributed by atoms with Crippen molar-refractivity contribution in [1.82, 2.24) is 10.6 Å². The van der Waals surface area contributed by atoms with Crippen LogP contribution in [0.1, 0.15) is 53.4 Å². The van der Waals surface area contributed by atoms with Crippen molar-refractivity contribution in [3.8, 4) is 0 Å². The van der Waals surface area contributed by atoms with Crippen LogP contribution in [0.15, 0.2) is 36.4 Å². The lowest BCUT2D eigenvalue weighted by Gasteiger charge is -2.22. The summed E-state index contributed by atoms with van der Waals surface area (Å²) in [6, 6.07) is 11.0. The predicted octanol–water partition coefficient (Wildman–Crippen LogP) is 4.34. The fourth-order valence-corrected chi connectivity index (χ4v) is 3.14. The Morgan fingerprint density at radius 3 is 2.00 bits per heavy atom. The van der Waals surface area contributed by atoms with Crippen LogP contribution in [0.5, 0.6) is 0 Å². The summed E-state index contributed by atoms with van der Waals surface area (Å²) >= 11 is 5.82. The molecule has 0 unspecified atom stereocenters. The van der Waals surface area contributed by atoms with Gasteiger partial charge in [-0.05, 0) is 65.8 Å². The summed E-state index contributed by atoms with van der Waals surface area (Å²) in [5.74, 6) is -0.231. The number of carbonyl (C=O) groups excluding carboxylic acids is 2. The minimum absolute atomic E-state index is 0.0459. The molecule has 0 atom stereocenters. The van der Waals surface area contributed by atoms with Gasteiger partial charge >= 0.3 is 0 Å². The molecule has 0 aromatic heterocycles. The van der Waals surface area contributed by atoms with Gasteiger partial charge in [-0.15, -0.1) is 0 Å².